The third kappa shape index (κ3) is 13.5. The fourth-order valence-corrected chi connectivity index (χ4v) is 11.6. The first-order valence-electron chi connectivity index (χ1n) is 29.8. The van der Waals surface area contributed by atoms with E-state index in [0.717, 1.165) is 126 Å². The SMILES string of the molecule is CCCCCCCCCCCCCCCCOc1c2nc(cc3[nH]c(c(OCCCCCCCCCCCCCCCC)c4nc(cc5[nH]c1c1ccccc51)-c1ccccc1-4)c1ccccc31)-c1ccccc1-2. The molecule has 0 aliphatic carbocycles. The number of fused-ring (bicyclic) bond motifs is 20. The molecule has 0 atom stereocenters. The highest BCUT2D eigenvalue weighted by Gasteiger charge is 2.25. The Morgan fingerprint density at radius 1 is 0.324 bits per heavy atom. The first-order chi connectivity index (χ1) is 36.7. The van der Waals surface area contributed by atoms with E-state index in [2.05, 4.69) is 133 Å². The summed E-state index contributed by atoms with van der Waals surface area (Å²) in [7, 11) is 0. The van der Waals surface area contributed by atoms with E-state index >= 15 is 0 Å². The van der Waals surface area contributed by atoms with Crippen LogP contribution in [0.15, 0.2) is 109 Å². The van der Waals surface area contributed by atoms with Gasteiger partial charge in [0.15, 0.2) is 11.5 Å². The molecule has 2 N–H and O–H groups in total. The zero-order valence-electron chi connectivity index (χ0n) is 45.3. The lowest BCUT2D eigenvalue weighted by molar-refractivity contribution is 0.307. The molecule has 0 saturated heterocycles. The Balaban J connectivity index is 1.01. The highest BCUT2D eigenvalue weighted by Crippen LogP contribution is 2.47. The number of nitrogens with zero attached hydrogens (tertiary/aromatic N) is 2. The predicted molar refractivity (Wildman–Crippen MR) is 316 cm³/mol. The lowest BCUT2D eigenvalue weighted by atomic mass is 10.0. The minimum absolute atomic E-state index is 0.626. The Kier molecular flexibility index (Phi) is 20.1. The van der Waals surface area contributed by atoms with Crippen LogP contribution in [0.2, 0.25) is 0 Å². The molecule has 8 bridgehead atoms. The molecule has 3 aromatic heterocycles. The van der Waals surface area contributed by atoms with Crippen molar-refractivity contribution in [2.45, 2.75) is 194 Å². The second kappa shape index (κ2) is 28.1. The van der Waals surface area contributed by atoms with E-state index in [4.69, 9.17) is 19.4 Å². The minimum atomic E-state index is 0.626. The Morgan fingerprint density at radius 3 is 0.946 bits per heavy atom. The number of unbranched alkanes of at least 4 members (excludes halogenated alkanes) is 26. The first-order valence-corrected chi connectivity index (χ1v) is 29.8. The van der Waals surface area contributed by atoms with Crippen molar-refractivity contribution >= 4 is 43.6 Å². The number of nitrogens with one attached hydrogen (secondary N) is 2. The van der Waals surface area contributed by atoms with E-state index in [9.17, 15) is 0 Å². The number of hydrogen-bond donors (Lipinski definition) is 2. The summed E-state index contributed by atoms with van der Waals surface area (Å²) >= 11 is 0. The summed E-state index contributed by atoms with van der Waals surface area (Å²) in [6.45, 7) is 5.85. The Labute approximate surface area is 443 Å². The van der Waals surface area contributed by atoms with Crippen molar-refractivity contribution in [3.63, 3.8) is 0 Å². The van der Waals surface area contributed by atoms with Gasteiger partial charge in [-0.05, 0) is 25.0 Å². The van der Waals surface area contributed by atoms with Gasteiger partial charge in [-0.1, -0.05) is 278 Å². The molecule has 5 heterocycles. The molecule has 0 fully saturated rings. The van der Waals surface area contributed by atoms with Crippen LogP contribution in [-0.4, -0.2) is 33.1 Å². The maximum atomic E-state index is 7.07. The smallest absolute Gasteiger partial charge is 0.169 e. The lowest BCUT2D eigenvalue weighted by Crippen LogP contribution is -1.99. The van der Waals surface area contributed by atoms with Gasteiger partial charge in [0.2, 0.25) is 0 Å². The first kappa shape index (κ1) is 53.0. The summed E-state index contributed by atoms with van der Waals surface area (Å²) in [4.78, 5) is 18.9. The molecule has 0 saturated carbocycles. The van der Waals surface area contributed by atoms with Gasteiger partial charge in [-0.2, -0.15) is 0 Å². The fourth-order valence-electron chi connectivity index (χ4n) is 11.6. The second-order valence-electron chi connectivity index (χ2n) is 21.5. The lowest BCUT2D eigenvalue weighted by Gasteiger charge is -2.10. The predicted octanol–water partition coefficient (Wildman–Crippen LogP) is 21.0. The van der Waals surface area contributed by atoms with Crippen molar-refractivity contribution in [3.8, 4) is 56.5 Å². The van der Waals surface area contributed by atoms with Crippen molar-refractivity contribution in [3.05, 3.63) is 109 Å². The number of H-pyrrole nitrogens is 2. The van der Waals surface area contributed by atoms with Gasteiger partial charge in [-0.25, -0.2) is 9.97 Å². The van der Waals surface area contributed by atoms with Crippen LogP contribution in [0, 0.1) is 0 Å². The van der Waals surface area contributed by atoms with E-state index in [1.54, 1.807) is 0 Å². The topological polar surface area (TPSA) is 75.8 Å². The van der Waals surface area contributed by atoms with E-state index < -0.39 is 0 Å². The van der Waals surface area contributed by atoms with Crippen molar-refractivity contribution in [2.75, 3.05) is 13.2 Å². The molecule has 6 nitrogen and oxygen atoms in total. The average Bonchev–Trinajstić information content (AvgIpc) is 4.20. The van der Waals surface area contributed by atoms with E-state index in [-0.39, 0.29) is 0 Å². The summed E-state index contributed by atoms with van der Waals surface area (Å²) in [6.07, 6.45) is 37.1. The van der Waals surface area contributed by atoms with Crippen molar-refractivity contribution in [1.82, 2.24) is 19.9 Å². The van der Waals surface area contributed by atoms with E-state index in [1.807, 2.05) is 0 Å². The van der Waals surface area contributed by atoms with Gasteiger partial charge in [0.1, 0.15) is 11.4 Å². The van der Waals surface area contributed by atoms with Crippen LogP contribution in [-0.2, 0) is 0 Å². The molecule has 0 spiro atoms. The third-order valence-electron chi connectivity index (χ3n) is 15.8. The van der Waals surface area contributed by atoms with Crippen LogP contribution in [0.5, 0.6) is 11.5 Å². The molecule has 6 heteroatoms. The number of aromatic nitrogens is 4. The molecular formula is C68H86N4O2. The summed E-state index contributed by atoms with van der Waals surface area (Å²) in [5.74, 6) is 1.59. The molecular weight excluding hydrogens is 905 g/mol. The monoisotopic (exact) mass is 991 g/mol. The van der Waals surface area contributed by atoms with Gasteiger partial charge in [0.25, 0.3) is 0 Å². The number of aromatic amines is 2. The van der Waals surface area contributed by atoms with Crippen molar-refractivity contribution in [1.29, 1.82) is 0 Å². The third-order valence-corrected chi connectivity index (χ3v) is 15.8. The second-order valence-corrected chi connectivity index (χ2v) is 21.5. The van der Waals surface area contributed by atoms with Gasteiger partial charge in [0.05, 0.1) is 35.6 Å². The normalized spacial score (nSPS) is 11.9. The molecule has 390 valence electrons. The van der Waals surface area contributed by atoms with E-state index in [0.29, 0.717) is 13.2 Å². The van der Waals surface area contributed by atoms with Crippen LogP contribution in [0.4, 0.5) is 0 Å². The van der Waals surface area contributed by atoms with Crippen LogP contribution < -0.4 is 9.47 Å². The zero-order valence-corrected chi connectivity index (χ0v) is 45.3. The highest BCUT2D eigenvalue weighted by molar-refractivity contribution is 6.13. The molecule has 0 radical (unpaired) electrons. The van der Waals surface area contributed by atoms with Crippen LogP contribution in [0.1, 0.15) is 194 Å². The molecule has 74 heavy (non-hydrogen) atoms. The molecule has 0 amide bonds. The largest absolute Gasteiger partial charge is 0.489 e. The van der Waals surface area contributed by atoms with Gasteiger partial charge in [0, 0.05) is 54.8 Å². The Bertz CT molecular complexity index is 2830. The molecule has 9 rings (SSSR count). The number of rotatable bonds is 32. The molecule has 2 aliphatic rings. The van der Waals surface area contributed by atoms with Crippen LogP contribution in [0.3, 0.4) is 0 Å². The van der Waals surface area contributed by atoms with Crippen LogP contribution >= 0.6 is 0 Å². The van der Waals surface area contributed by atoms with E-state index in [1.165, 1.54) is 154 Å². The number of ether oxygens (including phenoxy) is 2. The Hall–Kier alpha value is -5.88. The zero-order chi connectivity index (χ0) is 50.6. The fraction of sp³-hybridized carbons (Fsp3) is 0.471. The minimum Gasteiger partial charge on any atom is -0.489 e. The van der Waals surface area contributed by atoms with Crippen LogP contribution in [0.25, 0.3) is 88.6 Å². The number of benzene rings is 4. The summed E-state index contributed by atoms with van der Waals surface area (Å²) < 4.78 is 14.1. The van der Waals surface area contributed by atoms with Gasteiger partial charge in [-0.3, -0.25) is 0 Å². The molecule has 2 aliphatic heterocycles. The quantitative estimate of drug-likeness (QED) is 0.0412. The average molecular weight is 991 g/mol. The molecule has 4 aromatic carbocycles. The van der Waals surface area contributed by atoms with Gasteiger partial charge in [-0.15, -0.1) is 0 Å². The standard InChI is InChI=1S/C68H86N4O2/c1-3-5-7-9-11-13-15-17-19-21-23-25-27-37-47-73-67-63-55-43-33-29-39-51(55)59(69-63)49-61-53-41-31-35-45-57(53)65(71-61)68(74-48-38-28-26-24-22-20-18-16-14-12-10-8-6-4-2)66-58-46-36-32-42-54(58)62(72-66)50-60-52-40-30-34-44-56(52)64(67)70-60/h29-36,39-46,49-50,69,72H,3-28,37-38,47-48H2,1-2H3. The summed E-state index contributed by atoms with van der Waals surface area (Å²) in [6, 6.07) is 39.1. The maximum Gasteiger partial charge on any atom is 0.169 e. The van der Waals surface area contributed by atoms with Gasteiger partial charge < -0.3 is 19.4 Å². The summed E-state index contributed by atoms with van der Waals surface area (Å²) in [5, 5.41) is 4.46. The molecule has 0 unspecified atom stereocenters. The van der Waals surface area contributed by atoms with Crippen molar-refractivity contribution < 1.29 is 9.47 Å². The van der Waals surface area contributed by atoms with Gasteiger partial charge >= 0.3 is 0 Å². The number of hydrogen-bond acceptors (Lipinski definition) is 4. The highest BCUT2D eigenvalue weighted by atomic mass is 16.5. The maximum absolute atomic E-state index is 7.07. The Morgan fingerprint density at radius 2 is 0.608 bits per heavy atom. The molecule has 7 aromatic rings. The van der Waals surface area contributed by atoms with Crippen molar-refractivity contribution in [2.24, 2.45) is 0 Å². The summed E-state index contributed by atoms with van der Waals surface area (Å²) in [5.41, 5.74) is 11.8.